The molecule has 10 heteroatoms. The van der Waals surface area contributed by atoms with Crippen LogP contribution in [0.1, 0.15) is 46.0 Å². The van der Waals surface area contributed by atoms with Crippen molar-refractivity contribution in [2.24, 2.45) is 17.6 Å². The summed E-state index contributed by atoms with van der Waals surface area (Å²) in [5, 5.41) is 0.646. The smallest absolute Gasteiger partial charge is 0.265 e. The van der Waals surface area contributed by atoms with Crippen molar-refractivity contribution in [3.8, 4) is 16.7 Å². The van der Waals surface area contributed by atoms with Crippen LogP contribution in [-0.4, -0.2) is 49.9 Å². The summed E-state index contributed by atoms with van der Waals surface area (Å²) < 4.78 is 19.7. The maximum Gasteiger partial charge on any atom is 0.265 e. The number of benzene rings is 1. The van der Waals surface area contributed by atoms with Crippen LogP contribution >= 0.6 is 11.3 Å². The quantitative estimate of drug-likeness (QED) is 0.368. The Kier molecular flexibility index (Phi) is 6.39. The molecule has 4 heterocycles. The second-order valence-electron chi connectivity index (χ2n) is 10.8. The lowest BCUT2D eigenvalue weighted by Gasteiger charge is -2.22. The van der Waals surface area contributed by atoms with Gasteiger partial charge in [-0.1, -0.05) is 12.1 Å². The Labute approximate surface area is 230 Å². The molecule has 1 aromatic carbocycles. The number of carbonyl (C=O) groups is 1. The number of piperidine rings is 1. The van der Waals surface area contributed by atoms with E-state index < -0.39 is 5.54 Å². The monoisotopic (exact) mass is 544 g/mol. The number of fused-ring (bicyclic) bond motifs is 1. The fraction of sp³-hybridized carbons (Fsp3) is 0.345. The number of hydrogen-bond acceptors (Lipinski definition) is 8. The lowest BCUT2D eigenvalue weighted by atomic mass is 9.95. The van der Waals surface area contributed by atoms with Gasteiger partial charge in [-0.15, -0.1) is 11.3 Å². The summed E-state index contributed by atoms with van der Waals surface area (Å²) in [5.74, 6) is 1.30. The first-order valence-corrected chi connectivity index (χ1v) is 13.7. The third kappa shape index (κ3) is 5.26. The molecule has 2 N–H and O–H groups in total. The van der Waals surface area contributed by atoms with E-state index in [1.807, 2.05) is 37.8 Å². The summed E-state index contributed by atoms with van der Waals surface area (Å²) in [4.78, 5) is 33.6. The van der Waals surface area contributed by atoms with Gasteiger partial charge in [-0.2, -0.15) is 0 Å². The van der Waals surface area contributed by atoms with E-state index in [0.29, 0.717) is 46.8 Å². The maximum absolute atomic E-state index is 13.4. The molecule has 4 aromatic rings. The molecule has 0 spiro atoms. The van der Waals surface area contributed by atoms with E-state index >= 15 is 0 Å². The van der Waals surface area contributed by atoms with Crippen molar-refractivity contribution >= 4 is 17.2 Å². The first-order valence-electron chi connectivity index (χ1n) is 12.9. The summed E-state index contributed by atoms with van der Waals surface area (Å²) in [6.07, 6.45) is 3.89. The minimum Gasteiger partial charge on any atom is -0.474 e. The predicted molar refractivity (Wildman–Crippen MR) is 146 cm³/mol. The normalized spacial score (nSPS) is 20.1. The number of halogens is 1. The lowest BCUT2D eigenvalue weighted by Crippen LogP contribution is -2.33. The zero-order valence-electron chi connectivity index (χ0n) is 22.0. The standard InChI is InChI=1S/C29H29FN6O2S/c1-16-25(39-27(34-16)26-32-9-4-10-33-26)28(37)36-14-21-22(15-36)24(21)38-23-13-18(29(2,3)31)12-20(35-23)11-17-5-7-19(30)8-6-17/h4-10,12-13,21-22,24H,11,14-15,31H2,1-3H3/t21-,22+,24?. The number of thiazole rings is 1. The molecule has 1 aliphatic heterocycles. The zero-order chi connectivity index (χ0) is 27.3. The summed E-state index contributed by atoms with van der Waals surface area (Å²) in [6.45, 7) is 7.00. The first kappa shape index (κ1) is 25.5. The van der Waals surface area contributed by atoms with E-state index in [9.17, 15) is 9.18 Å². The highest BCUT2D eigenvalue weighted by Gasteiger charge is 2.59. The number of aryl methyl sites for hydroxylation is 1. The van der Waals surface area contributed by atoms with Crippen molar-refractivity contribution in [2.45, 2.75) is 38.8 Å². The van der Waals surface area contributed by atoms with Crippen molar-refractivity contribution in [3.05, 3.63) is 88.1 Å². The van der Waals surface area contributed by atoms with Crippen LogP contribution in [-0.2, 0) is 12.0 Å². The number of amides is 1. The van der Waals surface area contributed by atoms with Gasteiger partial charge in [0.25, 0.3) is 5.91 Å². The molecule has 3 aromatic heterocycles. The number of nitrogens with two attached hydrogens (primary N) is 1. The minimum absolute atomic E-state index is 0.00666. The summed E-state index contributed by atoms with van der Waals surface area (Å²) in [7, 11) is 0. The Morgan fingerprint density at radius 1 is 1.13 bits per heavy atom. The largest absolute Gasteiger partial charge is 0.474 e. The number of likely N-dealkylation sites (tertiary alicyclic amines) is 1. The molecular formula is C29H29FN6O2S. The molecule has 1 amide bonds. The molecular weight excluding hydrogens is 515 g/mol. The van der Waals surface area contributed by atoms with Crippen molar-refractivity contribution in [1.29, 1.82) is 0 Å². The van der Waals surface area contributed by atoms with E-state index in [1.165, 1.54) is 23.5 Å². The summed E-state index contributed by atoms with van der Waals surface area (Å²) >= 11 is 1.33. The molecule has 8 nitrogen and oxygen atoms in total. The van der Waals surface area contributed by atoms with E-state index in [2.05, 4.69) is 15.0 Å². The zero-order valence-corrected chi connectivity index (χ0v) is 22.8. The van der Waals surface area contributed by atoms with Crippen molar-refractivity contribution < 1.29 is 13.9 Å². The Morgan fingerprint density at radius 3 is 2.49 bits per heavy atom. The molecule has 0 radical (unpaired) electrons. The predicted octanol–water partition coefficient (Wildman–Crippen LogP) is 4.38. The summed E-state index contributed by atoms with van der Waals surface area (Å²) in [6, 6.07) is 12.1. The van der Waals surface area contributed by atoms with Gasteiger partial charge in [-0.05, 0) is 56.2 Å². The average Bonchev–Trinajstić information content (AvgIpc) is 3.22. The van der Waals surface area contributed by atoms with Crippen LogP contribution < -0.4 is 10.5 Å². The Bertz CT molecular complexity index is 1510. The highest BCUT2D eigenvalue weighted by atomic mass is 32.1. The third-order valence-electron chi connectivity index (χ3n) is 7.30. The Morgan fingerprint density at radius 2 is 1.82 bits per heavy atom. The number of hydrogen-bond donors (Lipinski definition) is 1. The minimum atomic E-state index is -0.572. The number of carbonyl (C=O) groups excluding carboxylic acids is 1. The third-order valence-corrected chi connectivity index (χ3v) is 8.45. The first-order chi connectivity index (χ1) is 18.7. The van der Waals surface area contributed by atoms with Crippen molar-refractivity contribution in [3.63, 3.8) is 0 Å². The molecule has 1 unspecified atom stereocenters. The van der Waals surface area contributed by atoms with E-state index in [-0.39, 0.29) is 29.7 Å². The van der Waals surface area contributed by atoms with Gasteiger partial charge in [-0.3, -0.25) is 4.79 Å². The van der Waals surface area contributed by atoms with E-state index in [1.54, 1.807) is 30.6 Å². The van der Waals surface area contributed by atoms with E-state index in [4.69, 9.17) is 15.5 Å². The molecule has 39 heavy (non-hydrogen) atoms. The van der Waals surface area contributed by atoms with Crippen LogP contribution in [0, 0.1) is 24.6 Å². The number of ether oxygens (including phenoxy) is 1. The number of aromatic nitrogens is 4. The highest BCUT2D eigenvalue weighted by Crippen LogP contribution is 2.48. The van der Waals surface area contributed by atoms with Gasteiger partial charge in [0.1, 0.15) is 16.8 Å². The van der Waals surface area contributed by atoms with E-state index in [0.717, 1.165) is 16.8 Å². The van der Waals surface area contributed by atoms with Crippen LogP contribution in [0.3, 0.4) is 0 Å². The average molecular weight is 545 g/mol. The molecule has 3 atom stereocenters. The van der Waals surface area contributed by atoms with Crippen LogP contribution in [0.2, 0.25) is 0 Å². The number of pyridine rings is 1. The van der Waals surface area contributed by atoms with Gasteiger partial charge in [0.05, 0.1) is 5.69 Å². The Hall–Kier alpha value is -3.76. The van der Waals surface area contributed by atoms with Crippen molar-refractivity contribution in [2.75, 3.05) is 13.1 Å². The molecule has 2 aliphatic rings. The molecule has 1 aliphatic carbocycles. The van der Waals surface area contributed by atoms with Crippen LogP contribution in [0.15, 0.2) is 54.9 Å². The number of rotatable bonds is 7. The van der Waals surface area contributed by atoms with Gasteiger partial charge in [-0.25, -0.2) is 24.3 Å². The molecule has 1 saturated carbocycles. The highest BCUT2D eigenvalue weighted by molar-refractivity contribution is 7.17. The SMILES string of the molecule is Cc1nc(-c2ncccn2)sc1C(=O)N1C[C@@H]2C(Oc3cc(C(C)(C)N)cc(Cc4ccc(F)cc4)n3)[C@@H]2C1. The maximum atomic E-state index is 13.4. The van der Waals surface area contributed by atoms with Crippen LogP contribution in [0.5, 0.6) is 5.88 Å². The second kappa shape index (κ2) is 9.77. The second-order valence-corrected chi connectivity index (χ2v) is 11.8. The molecule has 2 fully saturated rings. The van der Waals surface area contributed by atoms with Gasteiger partial charge >= 0.3 is 0 Å². The Balaban J connectivity index is 1.13. The van der Waals surface area contributed by atoms with Gasteiger partial charge in [0.2, 0.25) is 5.88 Å². The van der Waals surface area contributed by atoms with Gasteiger partial charge in [0, 0.05) is 61.0 Å². The molecule has 0 bridgehead atoms. The fourth-order valence-corrected chi connectivity index (χ4v) is 6.07. The fourth-order valence-electron chi connectivity index (χ4n) is 5.09. The van der Waals surface area contributed by atoms with Crippen LogP contribution in [0.25, 0.3) is 10.8 Å². The molecule has 6 rings (SSSR count). The van der Waals surface area contributed by atoms with Crippen LogP contribution in [0.4, 0.5) is 4.39 Å². The molecule has 1 saturated heterocycles. The topological polar surface area (TPSA) is 107 Å². The van der Waals surface area contributed by atoms with Gasteiger partial charge in [0.15, 0.2) is 10.8 Å². The van der Waals surface area contributed by atoms with Gasteiger partial charge < -0.3 is 15.4 Å². The summed E-state index contributed by atoms with van der Waals surface area (Å²) in [5.41, 5.74) is 9.23. The number of nitrogens with zero attached hydrogens (tertiary/aromatic N) is 5. The lowest BCUT2D eigenvalue weighted by molar-refractivity contribution is 0.0755. The molecule has 200 valence electrons. The van der Waals surface area contributed by atoms with Crippen molar-refractivity contribution in [1.82, 2.24) is 24.8 Å².